The van der Waals surface area contributed by atoms with Crippen molar-refractivity contribution >= 4 is 11.9 Å². The maximum atomic E-state index is 13.6. The van der Waals surface area contributed by atoms with E-state index in [2.05, 4.69) is 20.4 Å². The number of hydrogen-bond acceptors (Lipinski definition) is 3. The van der Waals surface area contributed by atoms with Gasteiger partial charge in [0.15, 0.2) is 0 Å². The summed E-state index contributed by atoms with van der Waals surface area (Å²) in [7, 11) is 0. The van der Waals surface area contributed by atoms with Crippen molar-refractivity contribution in [2.24, 2.45) is 0 Å². The van der Waals surface area contributed by atoms with E-state index in [-0.39, 0.29) is 24.0 Å². The second-order valence-corrected chi connectivity index (χ2v) is 7.65. The lowest BCUT2D eigenvalue weighted by atomic mass is 9.92. The highest BCUT2D eigenvalue weighted by Gasteiger charge is 2.33. The summed E-state index contributed by atoms with van der Waals surface area (Å²) in [6.45, 7) is 14.3. The Morgan fingerprint density at radius 1 is 1.26 bits per heavy atom. The number of ether oxygens (including phenoxy) is 1. The molecule has 1 aliphatic carbocycles. The van der Waals surface area contributed by atoms with Crippen LogP contribution in [0.3, 0.4) is 0 Å². The largest absolute Gasteiger partial charge is 0.461 e. The summed E-state index contributed by atoms with van der Waals surface area (Å²) in [4.78, 5) is 28.2. The van der Waals surface area contributed by atoms with Crippen LogP contribution in [-0.2, 0) is 11.3 Å². The molecule has 1 aromatic heterocycles. The normalized spacial score (nSPS) is 15.0. The minimum absolute atomic E-state index is 0.0280. The van der Waals surface area contributed by atoms with Crippen LogP contribution >= 0.6 is 0 Å². The smallest absolute Gasteiger partial charge is 0.355 e. The molecule has 1 heterocycles. The maximum Gasteiger partial charge on any atom is 0.355 e. The predicted molar refractivity (Wildman–Crippen MR) is 108 cm³/mol. The quantitative estimate of drug-likeness (QED) is 0.515. The molecule has 1 aromatic rings. The van der Waals surface area contributed by atoms with Crippen LogP contribution in [0.2, 0.25) is 0 Å². The van der Waals surface area contributed by atoms with E-state index in [1.165, 1.54) is 19.3 Å². The Hall–Kier alpha value is -2.04. The zero-order valence-electron chi connectivity index (χ0n) is 17.5. The third kappa shape index (κ3) is 4.28. The van der Waals surface area contributed by atoms with Gasteiger partial charge in [-0.1, -0.05) is 25.3 Å². The highest BCUT2D eigenvalue weighted by atomic mass is 16.5. The van der Waals surface area contributed by atoms with Gasteiger partial charge in [0, 0.05) is 24.3 Å². The molecule has 1 aliphatic rings. The molecule has 0 unspecified atom stereocenters. The van der Waals surface area contributed by atoms with Gasteiger partial charge in [0.25, 0.3) is 5.91 Å². The Kier molecular flexibility index (Phi) is 7.28. The molecule has 1 saturated carbocycles. The van der Waals surface area contributed by atoms with Gasteiger partial charge in [-0.3, -0.25) is 4.79 Å². The van der Waals surface area contributed by atoms with Gasteiger partial charge >= 0.3 is 5.97 Å². The Bertz CT molecular complexity index is 697. The van der Waals surface area contributed by atoms with E-state index in [1.54, 1.807) is 13.0 Å². The highest BCUT2D eigenvalue weighted by molar-refractivity contribution is 6.01. The van der Waals surface area contributed by atoms with Crippen LogP contribution in [0.4, 0.5) is 0 Å². The van der Waals surface area contributed by atoms with Crippen molar-refractivity contribution in [3.63, 3.8) is 0 Å². The molecular weight excluding hydrogens is 340 g/mol. The van der Waals surface area contributed by atoms with Crippen molar-refractivity contribution in [3.8, 4) is 0 Å². The molecule has 0 atom stereocenters. The fourth-order valence-electron chi connectivity index (χ4n) is 4.34. The first-order valence-corrected chi connectivity index (χ1v) is 10.1. The Morgan fingerprint density at radius 3 is 2.41 bits per heavy atom. The van der Waals surface area contributed by atoms with Gasteiger partial charge in [-0.25, -0.2) is 4.79 Å². The van der Waals surface area contributed by atoms with Gasteiger partial charge in [-0.05, 0) is 53.0 Å². The lowest BCUT2D eigenvalue weighted by Gasteiger charge is -2.37. The molecule has 0 radical (unpaired) electrons. The number of carbonyl (C=O) groups is 2. The van der Waals surface area contributed by atoms with Crippen molar-refractivity contribution in [1.82, 2.24) is 9.47 Å². The first-order chi connectivity index (χ1) is 12.8. The van der Waals surface area contributed by atoms with E-state index >= 15 is 0 Å². The molecular formula is C22H34N2O3. The second kappa shape index (κ2) is 9.25. The number of nitrogens with zero attached hydrogens (tertiary/aromatic N) is 2. The summed E-state index contributed by atoms with van der Waals surface area (Å²) in [5.74, 6) is -0.354. The number of carbonyl (C=O) groups excluding carboxylic acids is 2. The zero-order valence-corrected chi connectivity index (χ0v) is 17.5. The SMILES string of the molecule is C=CCn1c(C)c(C(=O)N(C(C)C)C2CCCCC2)c(C)c1C(=O)OCC. The number of allylic oxidation sites excluding steroid dienone is 1. The number of rotatable bonds is 7. The predicted octanol–water partition coefficient (Wildman–Crippen LogP) is 4.65. The molecule has 150 valence electrons. The fraction of sp³-hybridized carbons (Fsp3) is 0.636. The van der Waals surface area contributed by atoms with Crippen LogP contribution < -0.4 is 0 Å². The van der Waals surface area contributed by atoms with E-state index in [0.29, 0.717) is 30.0 Å². The molecule has 5 heteroatoms. The number of esters is 1. The minimum atomic E-state index is -0.382. The van der Waals surface area contributed by atoms with Crippen LogP contribution in [0, 0.1) is 13.8 Å². The van der Waals surface area contributed by atoms with Crippen molar-refractivity contribution in [2.45, 2.75) is 85.4 Å². The van der Waals surface area contributed by atoms with Gasteiger partial charge in [-0.2, -0.15) is 0 Å². The molecule has 1 amide bonds. The standard InChI is InChI=1S/C22H34N2O3/c1-7-14-23-17(6)19(16(5)20(23)22(26)27-8-2)21(25)24(15(3)4)18-12-10-9-11-13-18/h7,15,18H,1,8-14H2,2-6H3. The monoisotopic (exact) mass is 374 g/mol. The summed E-state index contributed by atoms with van der Waals surface area (Å²) in [6, 6.07) is 0.395. The first kappa shape index (κ1) is 21.3. The third-order valence-electron chi connectivity index (χ3n) is 5.52. The number of aromatic nitrogens is 1. The Balaban J connectivity index is 2.51. The molecule has 0 N–H and O–H groups in total. The van der Waals surface area contributed by atoms with E-state index in [4.69, 9.17) is 4.74 Å². The average molecular weight is 375 g/mol. The van der Waals surface area contributed by atoms with Crippen molar-refractivity contribution < 1.29 is 14.3 Å². The fourth-order valence-corrected chi connectivity index (χ4v) is 4.34. The maximum absolute atomic E-state index is 13.6. The Labute approximate surface area is 163 Å². The summed E-state index contributed by atoms with van der Waals surface area (Å²) >= 11 is 0. The molecule has 5 nitrogen and oxygen atoms in total. The van der Waals surface area contributed by atoms with E-state index in [9.17, 15) is 9.59 Å². The van der Waals surface area contributed by atoms with E-state index in [0.717, 1.165) is 18.5 Å². The van der Waals surface area contributed by atoms with Gasteiger partial charge in [-0.15, -0.1) is 6.58 Å². The molecule has 0 spiro atoms. The molecule has 0 saturated heterocycles. The summed E-state index contributed by atoms with van der Waals surface area (Å²) in [5.41, 5.74) is 2.62. The van der Waals surface area contributed by atoms with Crippen LogP contribution in [0.5, 0.6) is 0 Å². The number of amides is 1. The summed E-state index contributed by atoms with van der Waals surface area (Å²) < 4.78 is 7.10. The topological polar surface area (TPSA) is 51.5 Å². The van der Waals surface area contributed by atoms with Crippen molar-refractivity contribution in [1.29, 1.82) is 0 Å². The minimum Gasteiger partial charge on any atom is -0.461 e. The molecule has 27 heavy (non-hydrogen) atoms. The van der Waals surface area contributed by atoms with E-state index in [1.807, 2.05) is 23.3 Å². The van der Waals surface area contributed by atoms with Gasteiger partial charge in [0.05, 0.1) is 12.2 Å². The van der Waals surface area contributed by atoms with Gasteiger partial charge in [0.2, 0.25) is 0 Å². The molecule has 2 rings (SSSR count). The highest BCUT2D eigenvalue weighted by Crippen LogP contribution is 2.30. The van der Waals surface area contributed by atoms with Crippen LogP contribution in [0.1, 0.15) is 85.0 Å². The lowest BCUT2D eigenvalue weighted by molar-refractivity contribution is 0.0513. The van der Waals surface area contributed by atoms with Crippen molar-refractivity contribution in [3.05, 3.63) is 35.2 Å². The van der Waals surface area contributed by atoms with Crippen LogP contribution in [-0.4, -0.2) is 40.0 Å². The second-order valence-electron chi connectivity index (χ2n) is 7.65. The molecule has 0 aliphatic heterocycles. The molecule has 0 aromatic carbocycles. The Morgan fingerprint density at radius 2 is 1.89 bits per heavy atom. The van der Waals surface area contributed by atoms with Crippen molar-refractivity contribution in [2.75, 3.05) is 6.61 Å². The van der Waals surface area contributed by atoms with Crippen LogP contribution in [0.25, 0.3) is 0 Å². The number of hydrogen-bond donors (Lipinski definition) is 0. The summed E-state index contributed by atoms with van der Waals surface area (Å²) in [5, 5.41) is 0. The van der Waals surface area contributed by atoms with E-state index < -0.39 is 0 Å². The third-order valence-corrected chi connectivity index (χ3v) is 5.52. The van der Waals surface area contributed by atoms with Gasteiger partial charge in [0.1, 0.15) is 5.69 Å². The average Bonchev–Trinajstić information content (AvgIpc) is 2.86. The van der Waals surface area contributed by atoms with Gasteiger partial charge < -0.3 is 14.2 Å². The molecule has 0 bridgehead atoms. The first-order valence-electron chi connectivity index (χ1n) is 10.1. The molecule has 1 fully saturated rings. The zero-order chi connectivity index (χ0) is 20.1. The lowest BCUT2D eigenvalue weighted by Crippen LogP contribution is -2.46. The van der Waals surface area contributed by atoms with Crippen LogP contribution in [0.15, 0.2) is 12.7 Å². The summed E-state index contributed by atoms with van der Waals surface area (Å²) in [6.07, 6.45) is 7.44.